The van der Waals surface area contributed by atoms with Crippen LogP contribution in [0.2, 0.25) is 10.0 Å². The minimum absolute atomic E-state index is 0.0248. The quantitative estimate of drug-likeness (QED) is 0.171. The van der Waals surface area contributed by atoms with Gasteiger partial charge in [-0.15, -0.1) is 10.2 Å². The smallest absolute Gasteiger partial charge is 0.269 e. The summed E-state index contributed by atoms with van der Waals surface area (Å²) in [6, 6.07) is 18.8. The normalized spacial score (nSPS) is 10.8. The lowest BCUT2D eigenvalue weighted by Gasteiger charge is -2.12. The molecule has 1 amide bonds. The number of thioether (sulfide) groups is 1. The van der Waals surface area contributed by atoms with Crippen LogP contribution in [0.5, 0.6) is 0 Å². The third-order valence-corrected chi connectivity index (χ3v) is 6.75. The second kappa shape index (κ2) is 10.9. The molecule has 0 fully saturated rings. The topological polar surface area (TPSA) is 103 Å². The Balaban J connectivity index is 1.61. The van der Waals surface area contributed by atoms with E-state index >= 15 is 0 Å². The zero-order chi connectivity index (χ0) is 24.9. The molecule has 4 aromatic rings. The summed E-state index contributed by atoms with van der Waals surface area (Å²) in [5.74, 6) is 0.730. The first-order valence-electron chi connectivity index (χ1n) is 10.4. The van der Waals surface area contributed by atoms with Crippen LogP contribution in [-0.2, 0) is 12.3 Å². The van der Waals surface area contributed by atoms with Crippen LogP contribution in [-0.4, -0.2) is 25.6 Å². The zero-order valence-electron chi connectivity index (χ0n) is 18.4. The molecular formula is C24H19Cl2N5O3S. The second-order valence-corrected chi connectivity index (χ2v) is 9.32. The number of nitro groups is 1. The molecule has 0 aliphatic carbocycles. The van der Waals surface area contributed by atoms with Gasteiger partial charge in [-0.05, 0) is 48.4 Å². The lowest BCUT2D eigenvalue weighted by molar-refractivity contribution is -0.384. The van der Waals surface area contributed by atoms with Crippen LogP contribution >= 0.6 is 35.0 Å². The van der Waals surface area contributed by atoms with Crippen molar-refractivity contribution in [1.82, 2.24) is 20.1 Å². The standard InChI is InChI=1S/C24H19Cl2N5O3S/c1-15-4-2-3-5-16(15)14-35-24-29-28-22(30(24)18-7-9-19(10-8-18)31(33)34)13-27-23(32)20-11-6-17(25)12-21(20)26/h2-12H,13-14H2,1H3,(H,27,32). The Kier molecular flexibility index (Phi) is 7.70. The Hall–Kier alpha value is -3.40. The van der Waals surface area contributed by atoms with E-state index in [0.717, 1.165) is 11.1 Å². The summed E-state index contributed by atoms with van der Waals surface area (Å²) in [6.07, 6.45) is 0. The largest absolute Gasteiger partial charge is 0.345 e. The lowest BCUT2D eigenvalue weighted by Crippen LogP contribution is -2.25. The Labute approximate surface area is 215 Å². The highest BCUT2D eigenvalue weighted by Crippen LogP contribution is 2.27. The first-order valence-corrected chi connectivity index (χ1v) is 12.2. The number of hydrogen-bond donors (Lipinski definition) is 1. The molecule has 8 nitrogen and oxygen atoms in total. The number of carbonyl (C=O) groups excluding carboxylic acids is 1. The number of benzene rings is 3. The minimum atomic E-state index is -0.458. The van der Waals surface area contributed by atoms with Crippen LogP contribution in [0.4, 0.5) is 5.69 Å². The summed E-state index contributed by atoms with van der Waals surface area (Å²) in [7, 11) is 0. The van der Waals surface area contributed by atoms with Crippen molar-refractivity contribution < 1.29 is 9.72 Å². The van der Waals surface area contributed by atoms with Gasteiger partial charge < -0.3 is 5.32 Å². The van der Waals surface area contributed by atoms with Crippen molar-refractivity contribution in [2.24, 2.45) is 0 Å². The first kappa shape index (κ1) is 24.7. The number of halogens is 2. The Morgan fingerprint density at radius 2 is 1.83 bits per heavy atom. The number of nitrogens with zero attached hydrogens (tertiary/aromatic N) is 4. The highest BCUT2D eigenvalue weighted by atomic mass is 35.5. The van der Waals surface area contributed by atoms with Crippen LogP contribution in [0.15, 0.2) is 71.9 Å². The van der Waals surface area contributed by atoms with E-state index in [1.165, 1.54) is 30.0 Å². The number of non-ortho nitro benzene ring substituents is 1. The highest BCUT2D eigenvalue weighted by molar-refractivity contribution is 7.98. The SMILES string of the molecule is Cc1ccccc1CSc1nnc(CNC(=O)c2ccc(Cl)cc2Cl)n1-c1ccc([N+](=O)[O-])cc1. The average molecular weight is 528 g/mol. The summed E-state index contributed by atoms with van der Waals surface area (Å²) in [4.78, 5) is 23.3. The molecule has 35 heavy (non-hydrogen) atoms. The molecule has 3 aromatic carbocycles. The summed E-state index contributed by atoms with van der Waals surface area (Å²) in [5, 5.41) is 23.8. The molecule has 11 heteroatoms. The Morgan fingerprint density at radius 1 is 1.09 bits per heavy atom. The Bertz CT molecular complexity index is 1390. The number of carbonyl (C=O) groups is 1. The predicted octanol–water partition coefficient (Wildman–Crippen LogP) is 6.01. The van der Waals surface area contributed by atoms with E-state index in [-0.39, 0.29) is 28.7 Å². The van der Waals surface area contributed by atoms with Gasteiger partial charge in [0.15, 0.2) is 11.0 Å². The predicted molar refractivity (Wildman–Crippen MR) is 136 cm³/mol. The fourth-order valence-corrected chi connectivity index (χ4v) is 4.87. The number of aromatic nitrogens is 3. The van der Waals surface area contributed by atoms with E-state index in [1.807, 2.05) is 31.2 Å². The van der Waals surface area contributed by atoms with Crippen molar-refractivity contribution in [2.75, 3.05) is 0 Å². The van der Waals surface area contributed by atoms with Gasteiger partial charge in [0.1, 0.15) is 0 Å². The third kappa shape index (κ3) is 5.82. The molecule has 1 heterocycles. The van der Waals surface area contributed by atoms with E-state index in [4.69, 9.17) is 23.2 Å². The molecule has 0 atom stereocenters. The molecule has 0 spiro atoms. The molecule has 0 unspecified atom stereocenters. The number of nitro benzene ring substituents is 1. The van der Waals surface area contributed by atoms with Crippen LogP contribution in [0, 0.1) is 17.0 Å². The number of nitrogens with one attached hydrogen (secondary N) is 1. The second-order valence-electron chi connectivity index (χ2n) is 7.53. The van der Waals surface area contributed by atoms with Gasteiger partial charge in [-0.1, -0.05) is 59.2 Å². The van der Waals surface area contributed by atoms with Crippen LogP contribution in [0.25, 0.3) is 5.69 Å². The number of amides is 1. The minimum Gasteiger partial charge on any atom is -0.345 e. The maximum atomic E-state index is 12.7. The zero-order valence-corrected chi connectivity index (χ0v) is 20.8. The van der Waals surface area contributed by atoms with E-state index in [9.17, 15) is 14.9 Å². The number of hydrogen-bond acceptors (Lipinski definition) is 6. The first-order chi connectivity index (χ1) is 16.8. The monoisotopic (exact) mass is 527 g/mol. The van der Waals surface area contributed by atoms with Gasteiger partial charge >= 0.3 is 0 Å². The molecule has 0 saturated carbocycles. The van der Waals surface area contributed by atoms with Gasteiger partial charge in [-0.25, -0.2) is 0 Å². The summed E-state index contributed by atoms with van der Waals surface area (Å²) < 4.78 is 1.77. The third-order valence-electron chi connectivity index (χ3n) is 5.22. The summed E-state index contributed by atoms with van der Waals surface area (Å²) >= 11 is 13.6. The molecule has 0 aliphatic heterocycles. The average Bonchev–Trinajstić information content (AvgIpc) is 3.24. The summed E-state index contributed by atoms with van der Waals surface area (Å²) in [5.41, 5.74) is 3.22. The van der Waals surface area contributed by atoms with Gasteiger partial charge in [0.05, 0.1) is 22.1 Å². The van der Waals surface area contributed by atoms with Crippen LogP contribution in [0.1, 0.15) is 27.3 Å². The van der Waals surface area contributed by atoms with Crippen molar-refractivity contribution in [2.45, 2.75) is 24.4 Å². The molecule has 0 saturated heterocycles. The highest BCUT2D eigenvalue weighted by Gasteiger charge is 2.18. The molecule has 1 N–H and O–H groups in total. The van der Waals surface area contributed by atoms with E-state index < -0.39 is 4.92 Å². The van der Waals surface area contributed by atoms with Gasteiger partial charge in [0.25, 0.3) is 11.6 Å². The molecular weight excluding hydrogens is 509 g/mol. The van der Waals surface area contributed by atoms with Crippen LogP contribution in [0.3, 0.4) is 0 Å². The lowest BCUT2D eigenvalue weighted by atomic mass is 10.1. The van der Waals surface area contributed by atoms with Crippen molar-refractivity contribution in [3.05, 3.63) is 109 Å². The summed E-state index contributed by atoms with van der Waals surface area (Å²) in [6.45, 7) is 2.10. The molecule has 4 rings (SSSR count). The van der Waals surface area contributed by atoms with E-state index in [1.54, 1.807) is 28.8 Å². The van der Waals surface area contributed by atoms with Gasteiger partial charge in [-0.2, -0.15) is 0 Å². The fraction of sp³-hybridized carbons (Fsp3) is 0.125. The number of aryl methyl sites for hydroxylation is 1. The number of rotatable bonds is 8. The molecule has 1 aromatic heterocycles. The van der Waals surface area contributed by atoms with Crippen molar-refractivity contribution in [3.8, 4) is 5.69 Å². The van der Waals surface area contributed by atoms with E-state index in [2.05, 4.69) is 15.5 Å². The van der Waals surface area contributed by atoms with Crippen LogP contribution < -0.4 is 5.32 Å². The fourth-order valence-electron chi connectivity index (χ4n) is 3.33. The van der Waals surface area contributed by atoms with Crippen molar-refractivity contribution in [1.29, 1.82) is 0 Å². The van der Waals surface area contributed by atoms with E-state index in [0.29, 0.717) is 27.4 Å². The van der Waals surface area contributed by atoms with Crippen molar-refractivity contribution in [3.63, 3.8) is 0 Å². The molecule has 0 radical (unpaired) electrons. The Morgan fingerprint density at radius 3 is 2.51 bits per heavy atom. The molecule has 0 aliphatic rings. The van der Waals surface area contributed by atoms with Gasteiger partial charge in [0.2, 0.25) is 0 Å². The van der Waals surface area contributed by atoms with Gasteiger partial charge in [-0.3, -0.25) is 19.5 Å². The maximum absolute atomic E-state index is 12.7. The maximum Gasteiger partial charge on any atom is 0.269 e. The van der Waals surface area contributed by atoms with Gasteiger partial charge in [0, 0.05) is 28.6 Å². The molecule has 0 bridgehead atoms. The van der Waals surface area contributed by atoms with Crippen molar-refractivity contribution >= 4 is 46.6 Å². The molecule has 178 valence electrons.